The largest absolute Gasteiger partial charge is 0.508 e. The summed E-state index contributed by atoms with van der Waals surface area (Å²) < 4.78 is 26.3. The Morgan fingerprint density at radius 1 is 1.40 bits per heavy atom. The van der Waals surface area contributed by atoms with E-state index >= 15 is 0 Å². The molecule has 4 heteroatoms. The van der Waals surface area contributed by atoms with Gasteiger partial charge >= 0.3 is 0 Å². The normalized spacial score (nSPS) is 20.8. The maximum atomic E-state index is 13.4. The Labute approximate surface area is 86.9 Å². The highest BCUT2D eigenvalue weighted by Gasteiger charge is 2.20. The lowest BCUT2D eigenvalue weighted by Gasteiger charge is -2.11. The van der Waals surface area contributed by atoms with Crippen LogP contribution in [0, 0.1) is 17.6 Å². The molecule has 1 saturated heterocycles. The fourth-order valence-electron chi connectivity index (χ4n) is 1.95. The SMILES string of the molecule is Oc1ccc(F)c(F)c1CC1CCNC1. The lowest BCUT2D eigenvalue weighted by Crippen LogP contribution is -2.12. The molecule has 15 heavy (non-hydrogen) atoms. The number of benzene rings is 1. The number of hydrogen-bond donors (Lipinski definition) is 2. The van der Waals surface area contributed by atoms with Gasteiger partial charge < -0.3 is 10.4 Å². The quantitative estimate of drug-likeness (QED) is 0.785. The van der Waals surface area contributed by atoms with E-state index in [0.717, 1.165) is 25.6 Å². The van der Waals surface area contributed by atoms with E-state index in [-0.39, 0.29) is 17.2 Å². The second kappa shape index (κ2) is 4.14. The molecule has 0 aliphatic carbocycles. The highest BCUT2D eigenvalue weighted by molar-refractivity contribution is 5.34. The van der Waals surface area contributed by atoms with Crippen LogP contribution in [0.15, 0.2) is 12.1 Å². The molecule has 1 atom stereocenters. The van der Waals surface area contributed by atoms with Crippen LogP contribution in [0.4, 0.5) is 8.78 Å². The lowest BCUT2D eigenvalue weighted by atomic mass is 9.97. The smallest absolute Gasteiger partial charge is 0.165 e. The minimum absolute atomic E-state index is 0.101. The second-order valence-electron chi connectivity index (χ2n) is 3.92. The van der Waals surface area contributed by atoms with E-state index in [2.05, 4.69) is 5.32 Å². The van der Waals surface area contributed by atoms with E-state index in [1.54, 1.807) is 0 Å². The molecule has 0 aromatic heterocycles. The summed E-state index contributed by atoms with van der Waals surface area (Å²) in [4.78, 5) is 0. The molecular weight excluding hydrogens is 200 g/mol. The van der Waals surface area contributed by atoms with Gasteiger partial charge in [-0.25, -0.2) is 8.78 Å². The summed E-state index contributed by atoms with van der Waals surface area (Å²) in [5.41, 5.74) is 0.101. The number of phenols is 1. The molecule has 1 aliphatic rings. The molecule has 2 nitrogen and oxygen atoms in total. The molecule has 2 N–H and O–H groups in total. The molecule has 82 valence electrons. The average Bonchev–Trinajstić information content (AvgIpc) is 2.71. The second-order valence-corrected chi connectivity index (χ2v) is 3.92. The van der Waals surface area contributed by atoms with Crippen molar-refractivity contribution >= 4 is 0 Å². The van der Waals surface area contributed by atoms with Gasteiger partial charge in [0.15, 0.2) is 11.6 Å². The molecule has 1 unspecified atom stereocenters. The molecule has 1 heterocycles. The molecule has 2 rings (SSSR count). The highest BCUT2D eigenvalue weighted by Crippen LogP contribution is 2.26. The van der Waals surface area contributed by atoms with Crippen LogP contribution in [-0.4, -0.2) is 18.2 Å². The maximum Gasteiger partial charge on any atom is 0.165 e. The van der Waals surface area contributed by atoms with Crippen LogP contribution in [0.3, 0.4) is 0 Å². The third-order valence-electron chi connectivity index (χ3n) is 2.83. The first-order valence-corrected chi connectivity index (χ1v) is 5.05. The van der Waals surface area contributed by atoms with Crippen molar-refractivity contribution in [3.8, 4) is 5.75 Å². The van der Waals surface area contributed by atoms with Crippen molar-refractivity contribution < 1.29 is 13.9 Å². The Balaban J connectivity index is 2.22. The fraction of sp³-hybridized carbons (Fsp3) is 0.455. The summed E-state index contributed by atoms with van der Waals surface area (Å²) in [6, 6.07) is 2.15. The minimum Gasteiger partial charge on any atom is -0.508 e. The summed E-state index contributed by atoms with van der Waals surface area (Å²) >= 11 is 0. The first kappa shape index (κ1) is 10.4. The summed E-state index contributed by atoms with van der Waals surface area (Å²) in [6.07, 6.45) is 1.33. The van der Waals surface area contributed by atoms with Crippen molar-refractivity contribution in [3.63, 3.8) is 0 Å². The Bertz CT molecular complexity index is 362. The zero-order valence-electron chi connectivity index (χ0n) is 8.26. The number of rotatable bonds is 2. The summed E-state index contributed by atoms with van der Waals surface area (Å²) in [6.45, 7) is 1.71. The van der Waals surface area contributed by atoms with Gasteiger partial charge in [0, 0.05) is 5.56 Å². The molecule has 1 aliphatic heterocycles. The van der Waals surface area contributed by atoms with Crippen LogP contribution in [0.1, 0.15) is 12.0 Å². The van der Waals surface area contributed by atoms with E-state index in [1.165, 1.54) is 6.07 Å². The number of phenolic OH excluding ortho intramolecular Hbond substituents is 1. The summed E-state index contributed by atoms with van der Waals surface area (Å²) in [7, 11) is 0. The van der Waals surface area contributed by atoms with Crippen molar-refractivity contribution in [2.45, 2.75) is 12.8 Å². The molecule has 0 saturated carbocycles. The van der Waals surface area contributed by atoms with Gasteiger partial charge in [0.1, 0.15) is 5.75 Å². The van der Waals surface area contributed by atoms with E-state index < -0.39 is 11.6 Å². The third kappa shape index (κ3) is 2.09. The van der Waals surface area contributed by atoms with Crippen molar-refractivity contribution in [1.29, 1.82) is 0 Å². The van der Waals surface area contributed by atoms with Crippen LogP contribution in [0.25, 0.3) is 0 Å². The Kier molecular flexibility index (Phi) is 2.86. The Hall–Kier alpha value is -1.16. The van der Waals surface area contributed by atoms with E-state index in [0.29, 0.717) is 6.42 Å². The number of aromatic hydroxyl groups is 1. The standard InChI is InChI=1S/C11H13F2NO/c12-9-1-2-10(15)8(11(9)13)5-7-3-4-14-6-7/h1-2,7,14-15H,3-6H2. The van der Waals surface area contributed by atoms with Crippen LogP contribution in [0.2, 0.25) is 0 Å². The van der Waals surface area contributed by atoms with Crippen molar-refractivity contribution in [2.24, 2.45) is 5.92 Å². The number of halogens is 2. The van der Waals surface area contributed by atoms with Crippen molar-refractivity contribution in [1.82, 2.24) is 5.32 Å². The zero-order chi connectivity index (χ0) is 10.8. The van der Waals surface area contributed by atoms with Gasteiger partial charge in [-0.1, -0.05) is 0 Å². The van der Waals surface area contributed by atoms with E-state index in [1.807, 2.05) is 0 Å². The van der Waals surface area contributed by atoms with Gasteiger partial charge in [-0.2, -0.15) is 0 Å². The maximum absolute atomic E-state index is 13.4. The average molecular weight is 213 g/mol. The van der Waals surface area contributed by atoms with Gasteiger partial charge in [0.25, 0.3) is 0 Å². The molecule has 1 fully saturated rings. The number of nitrogens with one attached hydrogen (secondary N) is 1. The van der Waals surface area contributed by atoms with Gasteiger partial charge in [-0.15, -0.1) is 0 Å². The first-order valence-electron chi connectivity index (χ1n) is 5.05. The lowest BCUT2D eigenvalue weighted by molar-refractivity contribution is 0.429. The summed E-state index contributed by atoms with van der Waals surface area (Å²) in [5.74, 6) is -1.68. The van der Waals surface area contributed by atoms with Gasteiger partial charge in [-0.3, -0.25) is 0 Å². The fourth-order valence-corrected chi connectivity index (χ4v) is 1.95. The topological polar surface area (TPSA) is 32.3 Å². The predicted octanol–water partition coefficient (Wildman–Crippen LogP) is 1.82. The Morgan fingerprint density at radius 3 is 2.87 bits per heavy atom. The van der Waals surface area contributed by atoms with Gasteiger partial charge in [0.2, 0.25) is 0 Å². The molecular formula is C11H13F2NO. The summed E-state index contributed by atoms with van der Waals surface area (Å²) in [5, 5.41) is 12.6. The van der Waals surface area contributed by atoms with Crippen LogP contribution in [0.5, 0.6) is 5.75 Å². The highest BCUT2D eigenvalue weighted by atomic mass is 19.2. The van der Waals surface area contributed by atoms with Gasteiger partial charge in [0.05, 0.1) is 0 Å². The van der Waals surface area contributed by atoms with Crippen LogP contribution >= 0.6 is 0 Å². The molecule has 1 aromatic rings. The number of hydrogen-bond acceptors (Lipinski definition) is 2. The van der Waals surface area contributed by atoms with E-state index in [4.69, 9.17) is 0 Å². The Morgan fingerprint density at radius 2 is 2.20 bits per heavy atom. The van der Waals surface area contributed by atoms with Crippen molar-refractivity contribution in [3.05, 3.63) is 29.3 Å². The molecule has 0 bridgehead atoms. The van der Waals surface area contributed by atoms with Gasteiger partial charge in [-0.05, 0) is 44.0 Å². The first-order chi connectivity index (χ1) is 7.18. The predicted molar refractivity (Wildman–Crippen MR) is 52.7 cm³/mol. The third-order valence-corrected chi connectivity index (χ3v) is 2.83. The molecule has 0 amide bonds. The molecule has 0 radical (unpaired) electrons. The van der Waals surface area contributed by atoms with Crippen molar-refractivity contribution in [2.75, 3.05) is 13.1 Å². The van der Waals surface area contributed by atoms with E-state index in [9.17, 15) is 13.9 Å². The van der Waals surface area contributed by atoms with Crippen LogP contribution < -0.4 is 5.32 Å². The molecule has 0 spiro atoms. The zero-order valence-corrected chi connectivity index (χ0v) is 8.26. The monoisotopic (exact) mass is 213 g/mol. The van der Waals surface area contributed by atoms with Crippen LogP contribution in [-0.2, 0) is 6.42 Å². The minimum atomic E-state index is -0.915. The molecule has 1 aromatic carbocycles.